The standard InChI is InChI=1S/C12H14BClO2/c1-12(2,3)7-16-11(15)9-5-4-8(14)6-10(9)13/h4-6H,7H2,1-3H3. The predicted octanol–water partition coefficient (Wildman–Crippen LogP) is 2.34. The summed E-state index contributed by atoms with van der Waals surface area (Å²) in [7, 11) is 5.68. The molecule has 2 nitrogen and oxygen atoms in total. The first-order valence-electron chi connectivity index (χ1n) is 5.02. The molecule has 2 radical (unpaired) electrons. The van der Waals surface area contributed by atoms with Crippen LogP contribution < -0.4 is 5.46 Å². The zero-order chi connectivity index (χ0) is 12.3. The Kier molecular flexibility index (Phi) is 4.03. The molecule has 1 aromatic carbocycles. The maximum absolute atomic E-state index is 11.7. The van der Waals surface area contributed by atoms with E-state index in [1.807, 2.05) is 20.8 Å². The molecule has 4 heteroatoms. The Bertz CT molecular complexity index is 396. The minimum Gasteiger partial charge on any atom is -0.462 e. The molecule has 0 aliphatic rings. The molecule has 0 aromatic heterocycles. The Hall–Kier alpha value is -0.955. The van der Waals surface area contributed by atoms with E-state index in [9.17, 15) is 4.79 Å². The van der Waals surface area contributed by atoms with Crippen molar-refractivity contribution in [2.75, 3.05) is 6.61 Å². The average molecular weight is 237 g/mol. The Morgan fingerprint density at radius 3 is 2.56 bits per heavy atom. The zero-order valence-corrected chi connectivity index (χ0v) is 10.5. The first-order valence-corrected chi connectivity index (χ1v) is 5.39. The van der Waals surface area contributed by atoms with Crippen LogP contribution in [-0.4, -0.2) is 20.4 Å². The Morgan fingerprint density at radius 2 is 2.06 bits per heavy atom. The number of hydrogen-bond acceptors (Lipinski definition) is 2. The Morgan fingerprint density at radius 1 is 1.44 bits per heavy atom. The van der Waals surface area contributed by atoms with Crippen LogP contribution in [0.1, 0.15) is 31.1 Å². The quantitative estimate of drug-likeness (QED) is 0.582. The largest absolute Gasteiger partial charge is 0.462 e. The molecule has 0 amide bonds. The summed E-state index contributed by atoms with van der Waals surface area (Å²) in [6.45, 7) is 6.33. The molecule has 0 heterocycles. The number of rotatable bonds is 2. The molecule has 1 aromatic rings. The summed E-state index contributed by atoms with van der Waals surface area (Å²) in [5.41, 5.74) is 0.636. The van der Waals surface area contributed by atoms with Gasteiger partial charge in [-0.25, -0.2) is 4.79 Å². The second kappa shape index (κ2) is 4.92. The summed E-state index contributed by atoms with van der Waals surface area (Å²) in [4.78, 5) is 11.7. The van der Waals surface area contributed by atoms with Crippen LogP contribution in [0.2, 0.25) is 5.02 Å². The van der Waals surface area contributed by atoms with Gasteiger partial charge in [-0.3, -0.25) is 0 Å². The molecule has 0 N–H and O–H groups in total. The number of ether oxygens (including phenoxy) is 1. The van der Waals surface area contributed by atoms with E-state index in [0.29, 0.717) is 22.7 Å². The Labute approximate surface area is 102 Å². The Balaban J connectivity index is 2.74. The molecule has 0 atom stereocenters. The van der Waals surface area contributed by atoms with Gasteiger partial charge in [0.25, 0.3) is 0 Å². The van der Waals surface area contributed by atoms with Gasteiger partial charge in [-0.15, -0.1) is 0 Å². The van der Waals surface area contributed by atoms with Gasteiger partial charge in [-0.05, 0) is 23.6 Å². The molecular formula is C12H14BClO2. The van der Waals surface area contributed by atoms with Crippen molar-refractivity contribution < 1.29 is 9.53 Å². The van der Waals surface area contributed by atoms with E-state index >= 15 is 0 Å². The number of hydrogen-bond donors (Lipinski definition) is 0. The molecule has 0 saturated carbocycles. The van der Waals surface area contributed by atoms with Gasteiger partial charge in [0.15, 0.2) is 0 Å². The van der Waals surface area contributed by atoms with Crippen molar-refractivity contribution in [2.45, 2.75) is 20.8 Å². The van der Waals surface area contributed by atoms with Crippen molar-refractivity contribution in [1.82, 2.24) is 0 Å². The maximum Gasteiger partial charge on any atom is 0.337 e. The molecule has 0 unspecified atom stereocenters. The third-order valence-corrected chi connectivity index (χ3v) is 2.10. The minimum absolute atomic E-state index is 0.0587. The maximum atomic E-state index is 11.7. The second-order valence-corrected chi connectivity index (χ2v) is 5.30. The van der Waals surface area contributed by atoms with Gasteiger partial charge in [0.2, 0.25) is 0 Å². The lowest BCUT2D eigenvalue weighted by atomic mass is 9.90. The third kappa shape index (κ3) is 3.89. The van der Waals surface area contributed by atoms with E-state index in [0.717, 1.165) is 0 Å². The molecule has 0 saturated heterocycles. The monoisotopic (exact) mass is 236 g/mol. The summed E-state index contributed by atoms with van der Waals surface area (Å²) in [5.74, 6) is -0.413. The van der Waals surface area contributed by atoms with E-state index in [1.165, 1.54) is 6.07 Å². The lowest BCUT2D eigenvalue weighted by molar-refractivity contribution is 0.0368. The van der Waals surface area contributed by atoms with Crippen LogP contribution in [0.4, 0.5) is 0 Å². The number of esters is 1. The highest BCUT2D eigenvalue weighted by Crippen LogP contribution is 2.14. The zero-order valence-electron chi connectivity index (χ0n) is 9.71. The summed E-state index contributed by atoms with van der Waals surface area (Å²) in [6.07, 6.45) is 0. The fraction of sp³-hybridized carbons (Fsp3) is 0.417. The van der Waals surface area contributed by atoms with Gasteiger partial charge in [0.1, 0.15) is 7.85 Å². The molecule has 16 heavy (non-hydrogen) atoms. The SMILES string of the molecule is [B]c1cc(Cl)ccc1C(=O)OCC(C)(C)C. The lowest BCUT2D eigenvalue weighted by Crippen LogP contribution is -2.22. The molecule has 84 valence electrons. The summed E-state index contributed by atoms with van der Waals surface area (Å²) >= 11 is 5.74. The lowest BCUT2D eigenvalue weighted by Gasteiger charge is -2.18. The van der Waals surface area contributed by atoms with Crippen molar-refractivity contribution in [1.29, 1.82) is 0 Å². The molecule has 0 spiro atoms. The van der Waals surface area contributed by atoms with Gasteiger partial charge in [-0.1, -0.05) is 37.8 Å². The van der Waals surface area contributed by atoms with Crippen LogP contribution in [0.15, 0.2) is 18.2 Å². The average Bonchev–Trinajstić information content (AvgIpc) is 2.13. The number of benzene rings is 1. The van der Waals surface area contributed by atoms with Crippen molar-refractivity contribution >= 4 is 30.9 Å². The second-order valence-electron chi connectivity index (χ2n) is 4.87. The molecule has 0 aliphatic carbocycles. The highest BCUT2D eigenvalue weighted by molar-refractivity contribution is 6.38. The van der Waals surface area contributed by atoms with E-state index < -0.39 is 5.97 Å². The van der Waals surface area contributed by atoms with Crippen molar-refractivity contribution in [3.63, 3.8) is 0 Å². The van der Waals surface area contributed by atoms with Crippen LogP contribution in [0, 0.1) is 5.41 Å². The molecular weight excluding hydrogens is 222 g/mol. The number of halogens is 1. The van der Waals surface area contributed by atoms with Gasteiger partial charge in [0, 0.05) is 5.02 Å². The van der Waals surface area contributed by atoms with Gasteiger partial charge in [-0.2, -0.15) is 0 Å². The van der Waals surface area contributed by atoms with Crippen molar-refractivity contribution in [3.05, 3.63) is 28.8 Å². The molecule has 1 rings (SSSR count). The van der Waals surface area contributed by atoms with Crippen LogP contribution in [0.5, 0.6) is 0 Å². The first kappa shape index (κ1) is 13.1. The van der Waals surface area contributed by atoms with Crippen molar-refractivity contribution in [2.24, 2.45) is 5.41 Å². The molecule has 0 aliphatic heterocycles. The normalized spacial score (nSPS) is 11.2. The smallest absolute Gasteiger partial charge is 0.337 e. The highest BCUT2D eigenvalue weighted by atomic mass is 35.5. The summed E-state index contributed by atoms with van der Waals surface area (Å²) in [6, 6.07) is 4.73. The van der Waals surface area contributed by atoms with E-state index in [2.05, 4.69) is 0 Å². The van der Waals surface area contributed by atoms with Gasteiger partial charge < -0.3 is 4.74 Å². The van der Waals surface area contributed by atoms with E-state index in [4.69, 9.17) is 24.2 Å². The third-order valence-electron chi connectivity index (χ3n) is 1.87. The van der Waals surface area contributed by atoms with Crippen LogP contribution >= 0.6 is 11.6 Å². The minimum atomic E-state index is -0.413. The number of carbonyl (C=O) groups excluding carboxylic acids is 1. The topological polar surface area (TPSA) is 26.3 Å². The van der Waals surface area contributed by atoms with Crippen molar-refractivity contribution in [3.8, 4) is 0 Å². The molecule has 0 fully saturated rings. The number of carbonyl (C=O) groups is 1. The fourth-order valence-electron chi connectivity index (χ4n) is 1.08. The van der Waals surface area contributed by atoms with Crippen LogP contribution in [-0.2, 0) is 4.74 Å². The highest BCUT2D eigenvalue weighted by Gasteiger charge is 2.16. The fourth-order valence-corrected chi connectivity index (χ4v) is 1.26. The summed E-state index contributed by atoms with van der Waals surface area (Å²) < 4.78 is 5.15. The van der Waals surface area contributed by atoms with Crippen LogP contribution in [0.3, 0.4) is 0 Å². The van der Waals surface area contributed by atoms with E-state index in [-0.39, 0.29) is 5.41 Å². The van der Waals surface area contributed by atoms with Gasteiger partial charge in [0.05, 0.1) is 12.2 Å². The van der Waals surface area contributed by atoms with Gasteiger partial charge >= 0.3 is 5.97 Å². The predicted molar refractivity (Wildman–Crippen MR) is 66.6 cm³/mol. The van der Waals surface area contributed by atoms with E-state index in [1.54, 1.807) is 12.1 Å². The van der Waals surface area contributed by atoms with Crippen LogP contribution in [0.25, 0.3) is 0 Å². The molecule has 0 bridgehead atoms. The first-order chi connectivity index (χ1) is 7.29. The summed E-state index contributed by atoms with van der Waals surface area (Å²) in [5, 5.41) is 0.505.